The Bertz CT molecular complexity index is 350. The molecule has 0 amide bonds. The maximum absolute atomic E-state index is 4.03. The minimum Gasteiger partial charge on any atom is -0.265 e. The van der Waals surface area contributed by atoms with Gasteiger partial charge < -0.3 is 0 Å². The van der Waals surface area contributed by atoms with E-state index in [4.69, 9.17) is 0 Å². The highest BCUT2D eigenvalue weighted by Crippen LogP contribution is 2.05. The molecule has 2 heteroatoms. The minimum atomic E-state index is 1.14. The van der Waals surface area contributed by atoms with Crippen LogP contribution in [-0.4, -0.2) is 4.98 Å². The summed E-state index contributed by atoms with van der Waals surface area (Å²) in [4.78, 5) is 3.95. The molecule has 1 nitrogen and oxygen atoms in total. The Morgan fingerprint density at radius 3 is 2.57 bits per heavy atom. The average Bonchev–Trinajstić information content (AvgIpc) is 2.25. The Labute approximate surface area is 90.3 Å². The van der Waals surface area contributed by atoms with Gasteiger partial charge in [0.25, 0.3) is 0 Å². The number of nitrogens with zero attached hydrogens (tertiary/aromatic N) is 1. The van der Waals surface area contributed by atoms with E-state index < -0.39 is 0 Å². The number of thiol groups is 1. The number of rotatable bonds is 3. The Morgan fingerprint density at radius 2 is 2.00 bits per heavy atom. The zero-order valence-electron chi connectivity index (χ0n) is 8.09. The van der Waals surface area contributed by atoms with Crippen LogP contribution in [0.2, 0.25) is 0 Å². The summed E-state index contributed by atoms with van der Waals surface area (Å²) < 4.78 is 0. The first-order valence-electron chi connectivity index (χ1n) is 4.42. The molecule has 1 aromatic heterocycles. The monoisotopic (exact) mass is 203 g/mol. The summed E-state index contributed by atoms with van der Waals surface area (Å²) in [5.41, 5.74) is 2.28. The van der Waals surface area contributed by atoms with Crippen molar-refractivity contribution in [1.29, 1.82) is 0 Å². The van der Waals surface area contributed by atoms with E-state index in [1.54, 1.807) is 17.8 Å². The molecule has 0 spiro atoms. The molecule has 0 aliphatic rings. The van der Waals surface area contributed by atoms with Gasteiger partial charge in [-0.3, -0.25) is 4.98 Å². The third-order valence-corrected chi connectivity index (χ3v) is 1.92. The SMILES string of the molecule is C/C=C(\C=C/S)/C=C/c1ccncc1. The summed E-state index contributed by atoms with van der Waals surface area (Å²) in [5, 5.41) is 1.73. The maximum Gasteiger partial charge on any atom is 0.0273 e. The highest BCUT2D eigenvalue weighted by molar-refractivity contribution is 7.83. The number of hydrogen-bond donors (Lipinski definition) is 1. The fourth-order valence-electron chi connectivity index (χ4n) is 1.00. The quantitative estimate of drug-likeness (QED) is 0.586. The molecule has 72 valence electrons. The largest absolute Gasteiger partial charge is 0.265 e. The van der Waals surface area contributed by atoms with E-state index in [2.05, 4.69) is 17.6 Å². The zero-order valence-corrected chi connectivity index (χ0v) is 8.99. The summed E-state index contributed by atoms with van der Waals surface area (Å²) >= 11 is 4.03. The third kappa shape index (κ3) is 3.62. The number of hydrogen-bond acceptors (Lipinski definition) is 2. The predicted molar refractivity (Wildman–Crippen MR) is 65.2 cm³/mol. The van der Waals surface area contributed by atoms with E-state index >= 15 is 0 Å². The lowest BCUT2D eigenvalue weighted by atomic mass is 10.2. The summed E-state index contributed by atoms with van der Waals surface area (Å²) in [5.74, 6) is 0. The molecule has 0 atom stereocenters. The Balaban J connectivity index is 2.73. The summed E-state index contributed by atoms with van der Waals surface area (Å²) in [6.07, 6.45) is 11.6. The highest BCUT2D eigenvalue weighted by Gasteiger charge is 1.85. The zero-order chi connectivity index (χ0) is 10.2. The van der Waals surface area contributed by atoms with Gasteiger partial charge in [0.05, 0.1) is 0 Å². The third-order valence-electron chi connectivity index (χ3n) is 1.77. The van der Waals surface area contributed by atoms with Gasteiger partial charge in [-0.2, -0.15) is 12.6 Å². The van der Waals surface area contributed by atoms with Gasteiger partial charge in [0.1, 0.15) is 0 Å². The van der Waals surface area contributed by atoms with Crippen molar-refractivity contribution in [3.8, 4) is 0 Å². The molecule has 0 aliphatic carbocycles. The lowest BCUT2D eigenvalue weighted by Gasteiger charge is -1.92. The van der Waals surface area contributed by atoms with Crippen LogP contribution in [0.4, 0.5) is 0 Å². The molecular weight excluding hydrogens is 190 g/mol. The second kappa shape index (κ2) is 6.22. The van der Waals surface area contributed by atoms with E-state index in [1.165, 1.54) is 0 Å². The van der Waals surface area contributed by atoms with Gasteiger partial charge in [-0.25, -0.2) is 0 Å². The van der Waals surface area contributed by atoms with Crippen molar-refractivity contribution in [2.75, 3.05) is 0 Å². The topological polar surface area (TPSA) is 12.9 Å². The first kappa shape index (κ1) is 10.8. The van der Waals surface area contributed by atoms with Gasteiger partial charge in [0.2, 0.25) is 0 Å². The lowest BCUT2D eigenvalue weighted by molar-refractivity contribution is 1.32. The molecule has 0 bridgehead atoms. The second-order valence-electron chi connectivity index (χ2n) is 2.72. The molecular formula is C12H13NS. The smallest absolute Gasteiger partial charge is 0.0273 e. The van der Waals surface area contributed by atoms with Crippen LogP contribution in [0.5, 0.6) is 0 Å². The van der Waals surface area contributed by atoms with Crippen LogP contribution in [0, 0.1) is 0 Å². The van der Waals surface area contributed by atoms with Crippen LogP contribution in [0.3, 0.4) is 0 Å². The molecule has 0 fully saturated rings. The molecule has 0 aliphatic heterocycles. The van der Waals surface area contributed by atoms with Gasteiger partial charge in [-0.15, -0.1) is 0 Å². The summed E-state index contributed by atoms with van der Waals surface area (Å²) in [7, 11) is 0. The van der Waals surface area contributed by atoms with Gasteiger partial charge in [0.15, 0.2) is 0 Å². The first-order valence-corrected chi connectivity index (χ1v) is 4.93. The van der Waals surface area contributed by atoms with Crippen molar-refractivity contribution >= 4 is 18.7 Å². The van der Waals surface area contributed by atoms with Crippen LogP contribution in [0.25, 0.3) is 6.08 Å². The van der Waals surface area contributed by atoms with Crippen molar-refractivity contribution in [2.24, 2.45) is 0 Å². The maximum atomic E-state index is 4.03. The molecule has 0 saturated heterocycles. The average molecular weight is 203 g/mol. The van der Waals surface area contributed by atoms with Crippen LogP contribution in [0.15, 0.2) is 53.7 Å². The van der Waals surface area contributed by atoms with Crippen molar-refractivity contribution in [3.63, 3.8) is 0 Å². The molecule has 0 saturated carbocycles. The molecule has 0 unspecified atom stereocenters. The van der Waals surface area contributed by atoms with Crippen LogP contribution >= 0.6 is 12.6 Å². The molecule has 14 heavy (non-hydrogen) atoms. The van der Waals surface area contributed by atoms with Crippen LogP contribution in [0.1, 0.15) is 12.5 Å². The lowest BCUT2D eigenvalue weighted by Crippen LogP contribution is -1.73. The number of pyridine rings is 1. The predicted octanol–water partition coefficient (Wildman–Crippen LogP) is 3.48. The molecule has 0 radical (unpaired) electrons. The highest BCUT2D eigenvalue weighted by atomic mass is 32.1. The van der Waals surface area contributed by atoms with E-state index in [0.29, 0.717) is 0 Å². The van der Waals surface area contributed by atoms with Gasteiger partial charge in [-0.1, -0.05) is 18.2 Å². The molecule has 1 rings (SSSR count). The standard InChI is InChI=1S/C12H13NS/c1-2-11(7-10-14)3-4-12-5-8-13-9-6-12/h2-10,14H,1H3/b4-3+,10-7-,11-2-. The number of allylic oxidation sites excluding steroid dienone is 4. The molecule has 1 aromatic rings. The first-order chi connectivity index (χ1) is 6.86. The Morgan fingerprint density at radius 1 is 1.29 bits per heavy atom. The van der Waals surface area contributed by atoms with Gasteiger partial charge in [-0.05, 0) is 41.7 Å². The normalized spacial score (nSPS) is 12.9. The molecule has 1 heterocycles. The van der Waals surface area contributed by atoms with E-state index in [-0.39, 0.29) is 0 Å². The van der Waals surface area contributed by atoms with Crippen LogP contribution in [-0.2, 0) is 0 Å². The Hall–Kier alpha value is -1.28. The molecule has 0 aromatic carbocycles. The van der Waals surface area contributed by atoms with Crippen LogP contribution < -0.4 is 0 Å². The fraction of sp³-hybridized carbons (Fsp3) is 0.0833. The van der Waals surface area contributed by atoms with Crippen molar-refractivity contribution < 1.29 is 0 Å². The minimum absolute atomic E-state index is 1.14. The van der Waals surface area contributed by atoms with E-state index in [0.717, 1.165) is 11.1 Å². The fourth-order valence-corrected chi connectivity index (χ4v) is 1.17. The van der Waals surface area contributed by atoms with Crippen molar-refractivity contribution in [3.05, 3.63) is 59.3 Å². The summed E-state index contributed by atoms with van der Waals surface area (Å²) in [6, 6.07) is 3.93. The number of aromatic nitrogens is 1. The summed E-state index contributed by atoms with van der Waals surface area (Å²) in [6.45, 7) is 2.00. The van der Waals surface area contributed by atoms with Gasteiger partial charge in [0, 0.05) is 12.4 Å². The van der Waals surface area contributed by atoms with Gasteiger partial charge >= 0.3 is 0 Å². The Kier molecular flexibility index (Phi) is 4.79. The molecule has 0 N–H and O–H groups in total. The van der Waals surface area contributed by atoms with Crippen molar-refractivity contribution in [1.82, 2.24) is 4.98 Å². The van der Waals surface area contributed by atoms with E-state index in [9.17, 15) is 0 Å². The van der Waals surface area contributed by atoms with Crippen molar-refractivity contribution in [2.45, 2.75) is 6.92 Å². The second-order valence-corrected chi connectivity index (χ2v) is 3.02. The van der Waals surface area contributed by atoms with E-state index in [1.807, 2.05) is 43.4 Å².